The summed E-state index contributed by atoms with van der Waals surface area (Å²) in [6.45, 7) is 0. The molecule has 1 amide bonds. The van der Waals surface area contributed by atoms with Gasteiger partial charge in [-0.2, -0.15) is 0 Å². The van der Waals surface area contributed by atoms with Gasteiger partial charge in [0, 0.05) is 0 Å². The predicted octanol–water partition coefficient (Wildman–Crippen LogP) is 0.808. The smallest absolute Gasteiger partial charge is 0.230 e. The second-order valence-corrected chi connectivity index (χ2v) is 1.40. The van der Waals surface area contributed by atoms with Crippen molar-refractivity contribution in [3.63, 3.8) is 0 Å². The molecular formula is C7H9NO2. The lowest BCUT2D eigenvalue weighted by Gasteiger charge is -1.69. The Balaban J connectivity index is 0.000000180. The van der Waals surface area contributed by atoms with Gasteiger partial charge in [0.2, 0.25) is 6.41 Å². The van der Waals surface area contributed by atoms with Gasteiger partial charge in [0.05, 0.1) is 0 Å². The van der Waals surface area contributed by atoms with E-state index in [9.17, 15) is 0 Å². The fraction of sp³-hybridized carbons (Fsp3) is 0. The predicted molar refractivity (Wildman–Crippen MR) is 37.4 cm³/mol. The molecule has 0 heterocycles. The average molecular weight is 139 g/mol. The molecule has 3 nitrogen and oxygen atoms in total. The average Bonchev–Trinajstić information content (AvgIpc) is 2.08. The minimum Gasteiger partial charge on any atom is -0.289 e. The monoisotopic (exact) mass is 139 g/mol. The zero-order valence-electron chi connectivity index (χ0n) is 5.40. The van der Waals surface area contributed by atoms with Gasteiger partial charge in [-0.1, -0.05) is 36.4 Å². The van der Waals surface area contributed by atoms with Crippen LogP contribution < -0.4 is 5.48 Å². The first-order valence-corrected chi connectivity index (χ1v) is 2.75. The number of hydrogen-bond donors (Lipinski definition) is 2. The molecule has 2 N–H and O–H groups in total. The summed E-state index contributed by atoms with van der Waals surface area (Å²) < 4.78 is 0. The van der Waals surface area contributed by atoms with Gasteiger partial charge in [0.25, 0.3) is 0 Å². The lowest BCUT2D eigenvalue weighted by molar-refractivity contribution is -0.116. The van der Waals surface area contributed by atoms with Crippen LogP contribution in [-0.4, -0.2) is 11.6 Å². The van der Waals surface area contributed by atoms with Gasteiger partial charge in [0.1, 0.15) is 0 Å². The third kappa shape index (κ3) is 6.65. The van der Waals surface area contributed by atoms with E-state index in [2.05, 4.69) is 0 Å². The summed E-state index contributed by atoms with van der Waals surface area (Å²) in [5, 5.41) is 7.26. The third-order valence-electron chi connectivity index (χ3n) is 0.719. The molecule has 0 atom stereocenters. The summed E-state index contributed by atoms with van der Waals surface area (Å²) >= 11 is 0. The lowest BCUT2D eigenvalue weighted by atomic mass is 10.4. The molecule has 1 aromatic carbocycles. The first-order chi connectivity index (χ1) is 4.91. The van der Waals surface area contributed by atoms with E-state index in [4.69, 9.17) is 10.0 Å². The Kier molecular flexibility index (Phi) is 6.62. The Morgan fingerprint density at radius 2 is 1.20 bits per heavy atom. The zero-order valence-corrected chi connectivity index (χ0v) is 5.40. The maximum Gasteiger partial charge on any atom is 0.230 e. The van der Waals surface area contributed by atoms with Crippen molar-refractivity contribution in [3.05, 3.63) is 36.4 Å². The summed E-state index contributed by atoms with van der Waals surface area (Å²) in [6, 6.07) is 12.0. The van der Waals surface area contributed by atoms with Crippen molar-refractivity contribution in [2.75, 3.05) is 0 Å². The van der Waals surface area contributed by atoms with E-state index in [0.29, 0.717) is 0 Å². The molecule has 10 heavy (non-hydrogen) atoms. The summed E-state index contributed by atoms with van der Waals surface area (Å²) in [5.41, 5.74) is 1.25. The second kappa shape index (κ2) is 7.65. The van der Waals surface area contributed by atoms with E-state index >= 15 is 0 Å². The van der Waals surface area contributed by atoms with E-state index in [0.717, 1.165) is 0 Å². The van der Waals surface area contributed by atoms with Gasteiger partial charge >= 0.3 is 0 Å². The number of nitrogens with one attached hydrogen (secondary N) is 1. The van der Waals surface area contributed by atoms with Crippen molar-refractivity contribution in [1.29, 1.82) is 0 Å². The van der Waals surface area contributed by atoms with Crippen LogP contribution in [0.15, 0.2) is 36.4 Å². The molecule has 0 fully saturated rings. The van der Waals surface area contributed by atoms with Crippen LogP contribution >= 0.6 is 0 Å². The highest BCUT2D eigenvalue weighted by molar-refractivity contribution is 5.43. The maximum atomic E-state index is 8.81. The highest BCUT2D eigenvalue weighted by Crippen LogP contribution is 1.79. The van der Waals surface area contributed by atoms with Gasteiger partial charge < -0.3 is 0 Å². The molecule has 54 valence electrons. The SMILES string of the molecule is O=CNO.c1ccccc1. The highest BCUT2D eigenvalue weighted by atomic mass is 16.5. The normalized spacial score (nSPS) is 6.90. The molecule has 0 unspecified atom stereocenters. The largest absolute Gasteiger partial charge is 0.289 e. The van der Waals surface area contributed by atoms with Crippen LogP contribution in [0.4, 0.5) is 0 Å². The number of carbonyl (C=O) groups excluding carboxylic acids is 1. The number of rotatable bonds is 1. The standard InChI is InChI=1S/C6H6.CH3NO2/c1-2-4-6-5-3-1;3-1-2-4/h1-6H;1,4H,(H,2,3). The molecular weight excluding hydrogens is 130 g/mol. The minimum absolute atomic E-state index is 0.181. The first-order valence-electron chi connectivity index (χ1n) is 2.75. The molecule has 0 aliphatic rings. The van der Waals surface area contributed by atoms with Crippen molar-refractivity contribution in [1.82, 2.24) is 5.48 Å². The number of carbonyl (C=O) groups is 1. The van der Waals surface area contributed by atoms with Gasteiger partial charge in [-0.15, -0.1) is 0 Å². The van der Waals surface area contributed by atoms with E-state index in [1.54, 1.807) is 0 Å². The van der Waals surface area contributed by atoms with E-state index in [1.807, 2.05) is 36.4 Å². The minimum atomic E-state index is 0.181. The van der Waals surface area contributed by atoms with Crippen LogP contribution in [-0.2, 0) is 4.79 Å². The molecule has 0 aromatic heterocycles. The first kappa shape index (κ1) is 8.65. The topological polar surface area (TPSA) is 49.3 Å². The second-order valence-electron chi connectivity index (χ2n) is 1.40. The van der Waals surface area contributed by atoms with E-state index in [-0.39, 0.29) is 6.41 Å². The molecule has 0 saturated carbocycles. The summed E-state index contributed by atoms with van der Waals surface area (Å²) in [7, 11) is 0. The zero-order chi connectivity index (χ0) is 7.66. The van der Waals surface area contributed by atoms with Gasteiger partial charge in [-0.05, 0) is 0 Å². The van der Waals surface area contributed by atoms with Gasteiger partial charge in [-0.25, -0.2) is 5.48 Å². The molecule has 0 radical (unpaired) electrons. The Labute approximate surface area is 59.3 Å². The molecule has 3 heteroatoms. The van der Waals surface area contributed by atoms with Crippen molar-refractivity contribution in [3.8, 4) is 0 Å². The van der Waals surface area contributed by atoms with Crippen molar-refractivity contribution < 1.29 is 10.0 Å². The van der Waals surface area contributed by atoms with Crippen molar-refractivity contribution in [2.24, 2.45) is 0 Å². The Bertz CT molecular complexity index is 126. The summed E-state index contributed by atoms with van der Waals surface area (Å²) in [4.78, 5) is 8.81. The molecule has 0 spiro atoms. The van der Waals surface area contributed by atoms with Crippen LogP contribution in [0.1, 0.15) is 0 Å². The van der Waals surface area contributed by atoms with Gasteiger partial charge in [-0.3, -0.25) is 10.0 Å². The van der Waals surface area contributed by atoms with Crippen molar-refractivity contribution >= 4 is 6.41 Å². The molecule has 0 aliphatic carbocycles. The lowest BCUT2D eigenvalue weighted by Crippen LogP contribution is -1.99. The number of hydrogen-bond acceptors (Lipinski definition) is 2. The van der Waals surface area contributed by atoms with Crippen LogP contribution in [0, 0.1) is 0 Å². The molecule has 0 saturated heterocycles. The summed E-state index contributed by atoms with van der Waals surface area (Å²) in [6.07, 6.45) is 0.181. The number of amides is 1. The number of hydroxylamine groups is 1. The fourth-order valence-corrected chi connectivity index (χ4v) is 0.385. The van der Waals surface area contributed by atoms with E-state index < -0.39 is 0 Å². The quantitative estimate of drug-likeness (QED) is 0.343. The van der Waals surface area contributed by atoms with Crippen LogP contribution in [0.5, 0.6) is 0 Å². The molecule has 0 bridgehead atoms. The Hall–Kier alpha value is -1.35. The molecule has 1 aromatic rings. The van der Waals surface area contributed by atoms with E-state index in [1.165, 1.54) is 5.48 Å². The molecule has 0 aliphatic heterocycles. The van der Waals surface area contributed by atoms with Crippen LogP contribution in [0.3, 0.4) is 0 Å². The Morgan fingerprint density at radius 3 is 1.30 bits per heavy atom. The van der Waals surface area contributed by atoms with Gasteiger partial charge in [0.15, 0.2) is 0 Å². The Morgan fingerprint density at radius 1 is 1.00 bits per heavy atom. The maximum absolute atomic E-state index is 8.81. The van der Waals surface area contributed by atoms with Crippen LogP contribution in [0.2, 0.25) is 0 Å². The van der Waals surface area contributed by atoms with Crippen LogP contribution in [0.25, 0.3) is 0 Å². The highest BCUT2D eigenvalue weighted by Gasteiger charge is 1.57. The fourth-order valence-electron chi connectivity index (χ4n) is 0.385. The third-order valence-corrected chi connectivity index (χ3v) is 0.719. The number of benzene rings is 1. The molecule has 1 rings (SSSR count). The van der Waals surface area contributed by atoms with Crippen molar-refractivity contribution in [2.45, 2.75) is 0 Å². The summed E-state index contributed by atoms with van der Waals surface area (Å²) in [5.74, 6) is 0.